The first-order valence-corrected chi connectivity index (χ1v) is 6.51. The standard InChI is InChI=1S/C14H16ClN3O/c1-10(2)17-12-7-14(19)18(16-8-12)9-11-5-3-4-6-13(11)15/h3-8,10,17H,9H2,1-2H3. The lowest BCUT2D eigenvalue weighted by Gasteiger charge is -2.11. The number of anilines is 1. The van der Waals surface area contributed by atoms with Crippen molar-refractivity contribution in [2.45, 2.75) is 26.4 Å². The largest absolute Gasteiger partial charge is 0.381 e. The Morgan fingerprint density at radius 1 is 1.37 bits per heavy atom. The number of nitrogens with one attached hydrogen (secondary N) is 1. The third-order valence-electron chi connectivity index (χ3n) is 2.60. The Morgan fingerprint density at radius 2 is 2.11 bits per heavy atom. The molecule has 0 saturated carbocycles. The number of halogens is 1. The fraction of sp³-hybridized carbons (Fsp3) is 0.286. The fourth-order valence-electron chi connectivity index (χ4n) is 1.75. The van der Waals surface area contributed by atoms with Gasteiger partial charge in [0.2, 0.25) is 0 Å². The van der Waals surface area contributed by atoms with Gasteiger partial charge in [0.25, 0.3) is 5.56 Å². The van der Waals surface area contributed by atoms with Crippen LogP contribution < -0.4 is 10.9 Å². The highest BCUT2D eigenvalue weighted by molar-refractivity contribution is 6.31. The minimum Gasteiger partial charge on any atom is -0.381 e. The van der Waals surface area contributed by atoms with Gasteiger partial charge in [-0.2, -0.15) is 5.10 Å². The molecule has 1 N–H and O–H groups in total. The highest BCUT2D eigenvalue weighted by atomic mass is 35.5. The van der Waals surface area contributed by atoms with Crippen molar-refractivity contribution in [2.75, 3.05) is 5.32 Å². The summed E-state index contributed by atoms with van der Waals surface area (Å²) in [6, 6.07) is 9.25. The quantitative estimate of drug-likeness (QED) is 0.935. The van der Waals surface area contributed by atoms with Crippen LogP contribution >= 0.6 is 11.6 Å². The second-order valence-corrected chi connectivity index (χ2v) is 5.04. The molecule has 0 saturated heterocycles. The van der Waals surface area contributed by atoms with Crippen LogP contribution in [0, 0.1) is 0 Å². The first kappa shape index (κ1) is 13.6. The molecule has 2 aromatic rings. The van der Waals surface area contributed by atoms with Crippen molar-refractivity contribution in [3.8, 4) is 0 Å². The fourth-order valence-corrected chi connectivity index (χ4v) is 1.95. The average molecular weight is 278 g/mol. The Labute approximate surface area is 117 Å². The van der Waals surface area contributed by atoms with Crippen LogP contribution in [-0.4, -0.2) is 15.8 Å². The number of rotatable bonds is 4. The molecule has 2 rings (SSSR count). The molecule has 0 spiro atoms. The molecule has 0 aliphatic rings. The molecule has 1 heterocycles. The zero-order valence-electron chi connectivity index (χ0n) is 10.9. The molecule has 0 radical (unpaired) electrons. The minimum atomic E-state index is -0.148. The highest BCUT2D eigenvalue weighted by Gasteiger charge is 2.04. The first-order chi connectivity index (χ1) is 9.06. The third-order valence-corrected chi connectivity index (χ3v) is 2.97. The molecular weight excluding hydrogens is 262 g/mol. The number of hydrogen-bond donors (Lipinski definition) is 1. The van der Waals surface area contributed by atoms with Crippen LogP contribution in [0.1, 0.15) is 19.4 Å². The summed E-state index contributed by atoms with van der Waals surface area (Å²) >= 11 is 6.07. The van der Waals surface area contributed by atoms with E-state index in [9.17, 15) is 4.79 Å². The molecule has 100 valence electrons. The molecule has 5 heteroatoms. The summed E-state index contributed by atoms with van der Waals surface area (Å²) in [5.74, 6) is 0. The lowest BCUT2D eigenvalue weighted by molar-refractivity contribution is 0.639. The highest BCUT2D eigenvalue weighted by Crippen LogP contribution is 2.15. The van der Waals surface area contributed by atoms with E-state index in [1.807, 2.05) is 32.0 Å². The maximum Gasteiger partial charge on any atom is 0.269 e. The van der Waals surface area contributed by atoms with Crippen LogP contribution in [0.3, 0.4) is 0 Å². The molecule has 4 nitrogen and oxygen atoms in total. The number of nitrogens with zero attached hydrogens (tertiary/aromatic N) is 2. The second-order valence-electron chi connectivity index (χ2n) is 4.63. The van der Waals surface area contributed by atoms with Crippen LogP contribution in [0.25, 0.3) is 0 Å². The summed E-state index contributed by atoms with van der Waals surface area (Å²) in [5, 5.41) is 7.94. The van der Waals surface area contributed by atoms with Crippen molar-refractivity contribution >= 4 is 17.3 Å². The van der Waals surface area contributed by atoms with Crippen LogP contribution in [0.15, 0.2) is 41.3 Å². The van der Waals surface area contributed by atoms with Crippen molar-refractivity contribution in [1.29, 1.82) is 0 Å². The Bertz CT molecular complexity index is 622. The van der Waals surface area contributed by atoms with Crippen LogP contribution in [0.4, 0.5) is 5.69 Å². The molecule has 0 amide bonds. The summed E-state index contributed by atoms with van der Waals surface area (Å²) in [6.45, 7) is 4.39. The SMILES string of the molecule is CC(C)Nc1cnn(Cc2ccccc2Cl)c(=O)c1. The van der Waals surface area contributed by atoms with Gasteiger partial charge in [-0.1, -0.05) is 29.8 Å². The summed E-state index contributed by atoms with van der Waals surface area (Å²) < 4.78 is 1.40. The number of benzene rings is 1. The summed E-state index contributed by atoms with van der Waals surface area (Å²) in [5.41, 5.74) is 1.46. The topological polar surface area (TPSA) is 46.9 Å². The van der Waals surface area contributed by atoms with E-state index in [4.69, 9.17) is 11.6 Å². The number of aromatic nitrogens is 2. The monoisotopic (exact) mass is 277 g/mol. The van der Waals surface area contributed by atoms with E-state index in [2.05, 4.69) is 10.4 Å². The van der Waals surface area contributed by atoms with Gasteiger partial charge in [0.15, 0.2) is 0 Å². The van der Waals surface area contributed by atoms with Gasteiger partial charge in [-0.25, -0.2) is 4.68 Å². The van der Waals surface area contributed by atoms with E-state index in [1.165, 1.54) is 4.68 Å². The van der Waals surface area contributed by atoms with Crippen molar-refractivity contribution in [3.05, 3.63) is 57.5 Å². The van der Waals surface area contributed by atoms with Gasteiger partial charge >= 0.3 is 0 Å². The van der Waals surface area contributed by atoms with Gasteiger partial charge in [-0.05, 0) is 25.5 Å². The van der Waals surface area contributed by atoms with E-state index in [1.54, 1.807) is 18.3 Å². The van der Waals surface area contributed by atoms with E-state index >= 15 is 0 Å². The van der Waals surface area contributed by atoms with Crippen LogP contribution in [0.2, 0.25) is 5.02 Å². The van der Waals surface area contributed by atoms with Gasteiger partial charge in [-0.3, -0.25) is 4.79 Å². The predicted molar refractivity (Wildman–Crippen MR) is 77.8 cm³/mol. The summed E-state index contributed by atoms with van der Waals surface area (Å²) in [4.78, 5) is 12.0. The normalized spacial score (nSPS) is 10.7. The lowest BCUT2D eigenvalue weighted by atomic mass is 10.2. The molecule has 1 aromatic carbocycles. The van der Waals surface area contributed by atoms with E-state index < -0.39 is 0 Å². The van der Waals surface area contributed by atoms with Crippen LogP contribution in [0.5, 0.6) is 0 Å². The molecule has 0 bridgehead atoms. The minimum absolute atomic E-state index is 0.148. The number of hydrogen-bond acceptors (Lipinski definition) is 3. The summed E-state index contributed by atoms with van der Waals surface area (Å²) in [7, 11) is 0. The molecule has 19 heavy (non-hydrogen) atoms. The molecule has 1 aromatic heterocycles. The van der Waals surface area contributed by atoms with Gasteiger partial charge in [0, 0.05) is 17.1 Å². The van der Waals surface area contributed by atoms with Crippen LogP contribution in [-0.2, 0) is 6.54 Å². The maximum atomic E-state index is 12.0. The average Bonchev–Trinajstić information content (AvgIpc) is 2.34. The van der Waals surface area contributed by atoms with E-state index in [0.717, 1.165) is 11.3 Å². The zero-order valence-corrected chi connectivity index (χ0v) is 11.7. The van der Waals surface area contributed by atoms with Gasteiger partial charge in [-0.15, -0.1) is 0 Å². The van der Waals surface area contributed by atoms with E-state index in [-0.39, 0.29) is 11.6 Å². The molecule has 0 fully saturated rings. The Morgan fingerprint density at radius 3 is 2.74 bits per heavy atom. The molecular formula is C14H16ClN3O. The lowest BCUT2D eigenvalue weighted by Crippen LogP contribution is -2.24. The third kappa shape index (κ3) is 3.58. The first-order valence-electron chi connectivity index (χ1n) is 6.13. The van der Waals surface area contributed by atoms with Crippen molar-refractivity contribution in [1.82, 2.24) is 9.78 Å². The Balaban J connectivity index is 2.23. The Hall–Kier alpha value is -1.81. The molecule has 0 aliphatic heterocycles. The molecule has 0 atom stereocenters. The smallest absolute Gasteiger partial charge is 0.269 e. The van der Waals surface area contributed by atoms with Gasteiger partial charge < -0.3 is 5.32 Å². The van der Waals surface area contributed by atoms with Crippen molar-refractivity contribution < 1.29 is 0 Å². The predicted octanol–water partition coefficient (Wildman–Crippen LogP) is 2.77. The maximum absolute atomic E-state index is 12.0. The second kappa shape index (κ2) is 5.89. The summed E-state index contributed by atoms with van der Waals surface area (Å²) in [6.07, 6.45) is 1.65. The van der Waals surface area contributed by atoms with Crippen molar-refractivity contribution in [2.24, 2.45) is 0 Å². The Kier molecular flexibility index (Phi) is 4.22. The molecule has 0 unspecified atom stereocenters. The van der Waals surface area contributed by atoms with Gasteiger partial charge in [0.1, 0.15) is 0 Å². The zero-order chi connectivity index (χ0) is 13.8. The molecule has 0 aliphatic carbocycles. The van der Waals surface area contributed by atoms with E-state index in [0.29, 0.717) is 11.6 Å². The van der Waals surface area contributed by atoms with Gasteiger partial charge in [0.05, 0.1) is 18.4 Å². The van der Waals surface area contributed by atoms with Crippen molar-refractivity contribution in [3.63, 3.8) is 0 Å².